The minimum Gasteiger partial charge on any atom is -0.444 e. The molecule has 1 N–H and O–H groups in total. The van der Waals surface area contributed by atoms with Crippen LogP contribution in [0.25, 0.3) is 0 Å². The van der Waals surface area contributed by atoms with E-state index in [0.717, 1.165) is 12.8 Å². The molecule has 4 heteroatoms. The van der Waals surface area contributed by atoms with Gasteiger partial charge in [0, 0.05) is 17.9 Å². The normalized spacial score (nSPS) is 24.3. The average molecular weight is 241 g/mol. The molecule has 1 saturated carbocycles. The van der Waals surface area contributed by atoms with Crippen LogP contribution in [0.4, 0.5) is 4.79 Å². The highest BCUT2D eigenvalue weighted by atomic mass is 16.6. The predicted octanol–water partition coefficient (Wildman–Crippen LogP) is 2.66. The van der Waals surface area contributed by atoms with E-state index in [2.05, 4.69) is 5.32 Å². The van der Waals surface area contributed by atoms with Crippen molar-refractivity contribution in [2.24, 2.45) is 5.41 Å². The standard InChI is InChI=1S/C13H23NO3/c1-12(2,3)17-11(16)14-9-6-7-13(4,5)10(15)8-9/h9H,6-8H2,1-5H3,(H,14,16). The number of alkyl carbamates (subject to hydrolysis) is 1. The Kier molecular flexibility index (Phi) is 3.84. The summed E-state index contributed by atoms with van der Waals surface area (Å²) in [6.45, 7) is 9.38. The molecule has 1 aliphatic carbocycles. The van der Waals surface area contributed by atoms with Gasteiger partial charge in [0.1, 0.15) is 11.4 Å². The van der Waals surface area contributed by atoms with Crippen LogP contribution in [-0.2, 0) is 9.53 Å². The molecule has 0 heterocycles. The van der Waals surface area contributed by atoms with Crippen LogP contribution in [0.15, 0.2) is 0 Å². The summed E-state index contributed by atoms with van der Waals surface area (Å²) in [7, 11) is 0. The van der Waals surface area contributed by atoms with Gasteiger partial charge in [-0.25, -0.2) is 4.79 Å². The van der Waals surface area contributed by atoms with Crippen molar-refractivity contribution in [3.8, 4) is 0 Å². The van der Waals surface area contributed by atoms with Crippen LogP contribution in [0, 0.1) is 5.41 Å². The van der Waals surface area contributed by atoms with Crippen molar-refractivity contribution in [1.29, 1.82) is 0 Å². The summed E-state index contributed by atoms with van der Waals surface area (Å²) in [6, 6.07) is -0.0784. The number of ether oxygens (including phenoxy) is 1. The summed E-state index contributed by atoms with van der Waals surface area (Å²) in [5.41, 5.74) is -0.742. The fourth-order valence-electron chi connectivity index (χ4n) is 1.87. The molecule has 4 nitrogen and oxygen atoms in total. The number of ketones is 1. The second kappa shape index (κ2) is 4.67. The summed E-state index contributed by atoms with van der Waals surface area (Å²) in [5, 5.41) is 2.76. The third kappa shape index (κ3) is 4.36. The topological polar surface area (TPSA) is 55.4 Å². The number of carbonyl (C=O) groups excluding carboxylic acids is 2. The Morgan fingerprint density at radius 2 is 2.00 bits per heavy atom. The zero-order chi connectivity index (χ0) is 13.3. The van der Waals surface area contributed by atoms with Crippen LogP contribution in [0.3, 0.4) is 0 Å². The number of Topliss-reactive ketones (excluding diaryl/α,β-unsaturated/α-hetero) is 1. The van der Waals surface area contributed by atoms with Gasteiger partial charge in [0.05, 0.1) is 0 Å². The maximum atomic E-state index is 11.8. The first-order valence-corrected chi connectivity index (χ1v) is 6.13. The molecule has 98 valence electrons. The lowest BCUT2D eigenvalue weighted by Gasteiger charge is -2.33. The number of amides is 1. The van der Waals surface area contributed by atoms with E-state index in [0.29, 0.717) is 6.42 Å². The zero-order valence-corrected chi connectivity index (χ0v) is 11.4. The molecule has 1 fully saturated rings. The Morgan fingerprint density at radius 1 is 1.41 bits per heavy atom. The van der Waals surface area contributed by atoms with Gasteiger partial charge in [-0.1, -0.05) is 13.8 Å². The fourth-order valence-corrected chi connectivity index (χ4v) is 1.87. The Bertz CT molecular complexity index is 315. The first-order chi connectivity index (χ1) is 7.60. The molecule has 0 saturated heterocycles. The monoisotopic (exact) mass is 241 g/mol. The van der Waals surface area contributed by atoms with E-state index in [9.17, 15) is 9.59 Å². The van der Waals surface area contributed by atoms with Crippen molar-refractivity contribution in [3.05, 3.63) is 0 Å². The lowest BCUT2D eigenvalue weighted by atomic mass is 9.74. The Balaban J connectivity index is 2.45. The predicted molar refractivity (Wildman–Crippen MR) is 65.8 cm³/mol. The van der Waals surface area contributed by atoms with E-state index >= 15 is 0 Å². The summed E-state index contributed by atoms with van der Waals surface area (Å²) in [6.07, 6.45) is 1.62. The fraction of sp³-hybridized carbons (Fsp3) is 0.846. The maximum Gasteiger partial charge on any atom is 0.407 e. The molecule has 17 heavy (non-hydrogen) atoms. The van der Waals surface area contributed by atoms with Crippen LogP contribution < -0.4 is 5.32 Å². The largest absolute Gasteiger partial charge is 0.444 e. The highest BCUT2D eigenvalue weighted by Crippen LogP contribution is 2.32. The minimum atomic E-state index is -0.498. The number of carbonyl (C=O) groups is 2. The van der Waals surface area contributed by atoms with Crippen LogP contribution in [0.1, 0.15) is 53.9 Å². The van der Waals surface area contributed by atoms with Gasteiger partial charge in [-0.15, -0.1) is 0 Å². The van der Waals surface area contributed by atoms with Gasteiger partial charge in [-0.2, -0.15) is 0 Å². The molecule has 0 aromatic heterocycles. The van der Waals surface area contributed by atoms with Crippen molar-refractivity contribution in [2.75, 3.05) is 0 Å². The number of hydrogen-bond acceptors (Lipinski definition) is 3. The molecular weight excluding hydrogens is 218 g/mol. The number of rotatable bonds is 1. The Labute approximate surface area is 103 Å². The first-order valence-electron chi connectivity index (χ1n) is 6.13. The molecule has 0 aliphatic heterocycles. The second-order valence-electron chi connectivity index (χ2n) is 6.39. The van der Waals surface area contributed by atoms with Gasteiger partial charge >= 0.3 is 6.09 Å². The zero-order valence-electron chi connectivity index (χ0n) is 11.4. The molecule has 0 spiro atoms. The van der Waals surface area contributed by atoms with Crippen molar-refractivity contribution in [1.82, 2.24) is 5.32 Å². The van der Waals surface area contributed by atoms with Gasteiger partial charge in [0.15, 0.2) is 0 Å². The summed E-state index contributed by atoms with van der Waals surface area (Å²) in [4.78, 5) is 23.4. The Hall–Kier alpha value is -1.06. The lowest BCUT2D eigenvalue weighted by molar-refractivity contribution is -0.130. The van der Waals surface area contributed by atoms with Gasteiger partial charge in [-0.05, 0) is 33.6 Å². The van der Waals surface area contributed by atoms with Gasteiger partial charge in [-0.3, -0.25) is 4.79 Å². The number of hydrogen-bond donors (Lipinski definition) is 1. The molecule has 1 unspecified atom stereocenters. The molecule has 1 rings (SSSR count). The van der Waals surface area contributed by atoms with Crippen molar-refractivity contribution in [2.45, 2.75) is 65.5 Å². The smallest absolute Gasteiger partial charge is 0.407 e. The molecule has 0 bridgehead atoms. The SMILES string of the molecule is CC(C)(C)OC(=O)NC1CCC(C)(C)C(=O)C1. The third-order valence-electron chi connectivity index (χ3n) is 3.03. The van der Waals surface area contributed by atoms with Crippen LogP contribution in [0.5, 0.6) is 0 Å². The second-order valence-corrected chi connectivity index (χ2v) is 6.39. The molecule has 1 amide bonds. The van der Waals surface area contributed by atoms with Gasteiger partial charge < -0.3 is 10.1 Å². The molecule has 0 radical (unpaired) electrons. The first kappa shape index (κ1) is 14.0. The van der Waals surface area contributed by atoms with E-state index in [4.69, 9.17) is 4.74 Å². The minimum absolute atomic E-state index is 0.0784. The van der Waals surface area contributed by atoms with Crippen LogP contribution in [-0.4, -0.2) is 23.5 Å². The van der Waals surface area contributed by atoms with Gasteiger partial charge in [0.25, 0.3) is 0 Å². The quantitative estimate of drug-likeness (QED) is 0.768. The van der Waals surface area contributed by atoms with E-state index in [1.807, 2.05) is 34.6 Å². The van der Waals surface area contributed by atoms with Crippen LogP contribution in [0.2, 0.25) is 0 Å². The van der Waals surface area contributed by atoms with E-state index in [1.54, 1.807) is 0 Å². The van der Waals surface area contributed by atoms with Crippen molar-refractivity contribution < 1.29 is 14.3 Å². The molecule has 1 atom stereocenters. The molecule has 0 aromatic carbocycles. The lowest BCUT2D eigenvalue weighted by Crippen LogP contribution is -2.45. The summed E-state index contributed by atoms with van der Waals surface area (Å²) < 4.78 is 5.17. The van der Waals surface area contributed by atoms with E-state index < -0.39 is 11.7 Å². The van der Waals surface area contributed by atoms with Gasteiger partial charge in [0.2, 0.25) is 0 Å². The van der Waals surface area contributed by atoms with E-state index in [1.165, 1.54) is 0 Å². The van der Waals surface area contributed by atoms with Crippen molar-refractivity contribution >= 4 is 11.9 Å². The third-order valence-corrected chi connectivity index (χ3v) is 3.03. The molecule has 0 aromatic rings. The maximum absolute atomic E-state index is 11.8. The van der Waals surface area contributed by atoms with Crippen LogP contribution >= 0.6 is 0 Å². The summed E-state index contributed by atoms with van der Waals surface area (Å²) in [5.74, 6) is 0.213. The average Bonchev–Trinajstić information content (AvgIpc) is 2.08. The van der Waals surface area contributed by atoms with Crippen molar-refractivity contribution in [3.63, 3.8) is 0 Å². The molecule has 1 aliphatic rings. The molecular formula is C13H23NO3. The summed E-state index contributed by atoms with van der Waals surface area (Å²) >= 11 is 0. The Morgan fingerprint density at radius 3 is 2.47 bits per heavy atom. The van der Waals surface area contributed by atoms with E-state index in [-0.39, 0.29) is 17.2 Å². The number of nitrogens with one attached hydrogen (secondary N) is 1. The highest BCUT2D eigenvalue weighted by Gasteiger charge is 2.35. The highest BCUT2D eigenvalue weighted by molar-refractivity contribution is 5.85.